The van der Waals surface area contributed by atoms with E-state index in [1.807, 2.05) is 0 Å². The molecule has 4 bridgehead atoms. The summed E-state index contributed by atoms with van der Waals surface area (Å²) in [6.07, 6.45) is 5.95. The Morgan fingerprint density at radius 2 is 2.11 bits per heavy atom. The fraction of sp³-hybridized carbons (Fsp3) is 0.394. The minimum Gasteiger partial charge on any atom is -0.479 e. The van der Waals surface area contributed by atoms with Crippen LogP contribution >= 0.6 is 0 Å². The van der Waals surface area contributed by atoms with E-state index in [9.17, 15) is 5.11 Å². The molecule has 10 nitrogen and oxygen atoms in total. The van der Waals surface area contributed by atoms with E-state index in [4.69, 9.17) is 15.7 Å². The van der Waals surface area contributed by atoms with E-state index in [2.05, 4.69) is 36.8 Å². The molecule has 0 spiro atoms. The number of hydrogen-bond donors (Lipinski definition) is 2. The van der Waals surface area contributed by atoms with E-state index in [0.717, 1.165) is 13.0 Å². The third-order valence-electron chi connectivity index (χ3n) is 9.65. The third kappa shape index (κ3) is 5.27. The molecule has 3 N–H and O–H groups in total. The summed E-state index contributed by atoms with van der Waals surface area (Å²) in [5.74, 6) is -3.66. The van der Waals surface area contributed by atoms with Crippen molar-refractivity contribution in [3.8, 4) is 29.4 Å². The van der Waals surface area contributed by atoms with Crippen LogP contribution in [0.1, 0.15) is 31.2 Å². The average molecular weight is 865 g/mol. The second-order valence-corrected chi connectivity index (χ2v) is 12.4. The molecule has 10 rings (SSSR count). The van der Waals surface area contributed by atoms with Gasteiger partial charge in [-0.2, -0.15) is 32.5 Å². The SMILES string of the molecule is N#CC[C@H]1C[C-]2CCCN2C1.Nc1cc2c3c(c(F)ccc3c1)C#[N+][C@]1(F)[C@@H]3COCCN(c4nc(O)nc5c(F)c-2ncc45)[C@@H]31.[U]. The first-order chi connectivity index (χ1) is 22.3. The summed E-state index contributed by atoms with van der Waals surface area (Å²) < 4.78 is 52.9. The van der Waals surface area contributed by atoms with Crippen molar-refractivity contribution < 1.29 is 54.1 Å². The van der Waals surface area contributed by atoms with Crippen LogP contribution in [0.3, 0.4) is 0 Å². The van der Waals surface area contributed by atoms with Crippen LogP contribution in [0.5, 0.6) is 6.01 Å². The third-order valence-corrected chi connectivity index (χ3v) is 9.65. The number of nitrogens with two attached hydrogens (primary N) is 1. The van der Waals surface area contributed by atoms with Gasteiger partial charge in [-0.25, -0.2) is 8.78 Å². The average Bonchev–Trinajstić information content (AvgIpc) is 3.20. The van der Waals surface area contributed by atoms with Gasteiger partial charge in [-0.3, -0.25) is 11.0 Å². The number of halogens is 3. The van der Waals surface area contributed by atoms with Gasteiger partial charge < -0.3 is 25.4 Å². The van der Waals surface area contributed by atoms with Gasteiger partial charge in [-0.1, -0.05) is 12.5 Å². The van der Waals surface area contributed by atoms with E-state index in [1.165, 1.54) is 50.2 Å². The molecule has 4 fully saturated rings. The van der Waals surface area contributed by atoms with E-state index in [0.29, 0.717) is 11.3 Å². The topological polar surface area (TPSA) is 129 Å². The van der Waals surface area contributed by atoms with Crippen LogP contribution in [-0.2, 0) is 4.74 Å². The summed E-state index contributed by atoms with van der Waals surface area (Å²) in [5.41, 5.74) is 6.02. The standard InChI is InChI=1S/C24H15F3N6O2.C9H13N2.U/c25-16-2-1-10-5-11(28)6-12-17(10)13(16)8-30-24(27)15-9-35-4-3-33(21(15)24)22-14-7-29-19(12)18(26)20(14)31-23(34)32-22;10-4-3-8-6-9-2-1-5-11(9)7-8;/h1-2,5-7,15,21H,3-4,9,28H2;8H,1-3,5-7H2;/q;-1;/p+1/t15-,21+,24-;8-;/m10./s1. The summed E-state index contributed by atoms with van der Waals surface area (Å²) in [7, 11) is 0. The van der Waals surface area contributed by atoms with Crippen molar-refractivity contribution >= 4 is 33.2 Å². The van der Waals surface area contributed by atoms with Crippen molar-refractivity contribution in [1.82, 2.24) is 19.9 Å². The number of nitrogens with zero attached hydrogens (tertiary/aromatic N) is 7. The number of nitriles is 1. The molecule has 0 amide bonds. The van der Waals surface area contributed by atoms with Crippen LogP contribution in [0.15, 0.2) is 30.5 Å². The number of pyridine rings is 1. The van der Waals surface area contributed by atoms with Crippen molar-refractivity contribution in [2.75, 3.05) is 43.5 Å². The fourth-order valence-corrected chi connectivity index (χ4v) is 7.49. The van der Waals surface area contributed by atoms with Crippen molar-refractivity contribution in [3.05, 3.63) is 58.5 Å². The van der Waals surface area contributed by atoms with Crippen molar-refractivity contribution in [3.63, 3.8) is 0 Å². The zero-order valence-corrected chi connectivity index (χ0v) is 29.3. The van der Waals surface area contributed by atoms with Crippen LogP contribution < -0.4 is 10.6 Å². The number of rotatable bonds is 1. The number of aromatic hydroxyl groups is 1. The van der Waals surface area contributed by atoms with Crippen molar-refractivity contribution in [1.29, 1.82) is 5.26 Å². The molecule has 5 aliphatic heterocycles. The molecule has 1 aliphatic carbocycles. The zero-order chi connectivity index (χ0) is 31.7. The molecular weight excluding hydrogens is 835 g/mol. The maximum absolute atomic E-state index is 16.2. The number of aromatic nitrogens is 3. The quantitative estimate of drug-likeness (QED) is 0.152. The largest absolute Gasteiger partial charge is 0.479 e. The maximum atomic E-state index is 16.2. The number of hydrogen-bond acceptors (Lipinski definition) is 9. The molecule has 7 heterocycles. The molecule has 0 unspecified atom stereocenters. The summed E-state index contributed by atoms with van der Waals surface area (Å²) in [4.78, 5) is 20.4. The first kappa shape index (κ1) is 31.9. The molecule has 0 radical (unpaired) electrons. The Kier molecular flexibility index (Phi) is 8.21. The van der Waals surface area contributed by atoms with Gasteiger partial charge in [0.05, 0.1) is 24.7 Å². The van der Waals surface area contributed by atoms with E-state index >= 15 is 13.2 Å². The Hall–Kier alpha value is -3.67. The molecule has 4 aromatic rings. The summed E-state index contributed by atoms with van der Waals surface area (Å²) >= 11 is 0. The van der Waals surface area contributed by atoms with Gasteiger partial charge in [0.1, 0.15) is 34.3 Å². The number of benzene rings is 2. The first-order valence-corrected chi connectivity index (χ1v) is 15.3. The number of alkyl halides is 1. The molecule has 14 heteroatoms. The predicted octanol–water partition coefficient (Wildman–Crippen LogP) is 5.15. The second kappa shape index (κ2) is 12.1. The van der Waals surface area contributed by atoms with Gasteiger partial charge in [-0.05, 0) is 47.4 Å². The summed E-state index contributed by atoms with van der Waals surface area (Å²) in [5, 5.41) is 19.7. The van der Waals surface area contributed by atoms with Crippen LogP contribution in [-0.4, -0.2) is 69.6 Å². The zero-order valence-electron chi connectivity index (χ0n) is 25.2. The van der Waals surface area contributed by atoms with Gasteiger partial charge in [0.15, 0.2) is 11.9 Å². The summed E-state index contributed by atoms with van der Waals surface area (Å²) in [6, 6.07) is 10.7. The monoisotopic (exact) mass is 864 g/mol. The van der Waals surface area contributed by atoms with Crippen LogP contribution in [0.4, 0.5) is 24.7 Å². The Morgan fingerprint density at radius 1 is 1.26 bits per heavy atom. The van der Waals surface area contributed by atoms with E-state index < -0.39 is 35.4 Å². The second-order valence-electron chi connectivity index (χ2n) is 12.4. The smallest absolute Gasteiger partial charge is 0.445 e. The Labute approximate surface area is 291 Å². The Bertz CT molecular complexity index is 2020. The number of fused-ring (bicyclic) bond motifs is 2. The Balaban J connectivity index is 0.000000248. The van der Waals surface area contributed by atoms with Gasteiger partial charge in [-0.15, -0.1) is 0 Å². The van der Waals surface area contributed by atoms with Crippen molar-refractivity contribution in [2.45, 2.75) is 37.5 Å². The molecule has 4 atom stereocenters. The molecule has 238 valence electrons. The molecule has 6 aliphatic rings. The van der Waals surface area contributed by atoms with Gasteiger partial charge in [0, 0.05) is 66.9 Å². The first-order valence-electron chi connectivity index (χ1n) is 15.3. The molecule has 3 saturated heterocycles. The van der Waals surface area contributed by atoms with Gasteiger partial charge >= 0.3 is 17.9 Å². The molecule has 47 heavy (non-hydrogen) atoms. The summed E-state index contributed by atoms with van der Waals surface area (Å²) in [6.45, 7) is 2.95. The van der Waals surface area contributed by atoms with Crippen LogP contribution in [0.2, 0.25) is 0 Å². The number of ether oxygens (including phenoxy) is 1. The fourth-order valence-electron chi connectivity index (χ4n) is 7.49. The van der Waals surface area contributed by atoms with Gasteiger partial charge in [0.2, 0.25) is 0 Å². The minimum atomic E-state index is -2.16. The number of anilines is 2. The molecule has 2 aromatic heterocycles. The van der Waals surface area contributed by atoms with Gasteiger partial charge in [0.25, 0.3) is 0 Å². The van der Waals surface area contributed by atoms with E-state index in [-0.39, 0.29) is 95.5 Å². The van der Waals surface area contributed by atoms with Crippen LogP contribution in [0.25, 0.3) is 37.8 Å². The van der Waals surface area contributed by atoms with Crippen molar-refractivity contribution in [2.24, 2.45) is 11.8 Å². The Morgan fingerprint density at radius 3 is 2.91 bits per heavy atom. The van der Waals surface area contributed by atoms with Crippen LogP contribution in [0, 0.1) is 78.0 Å². The van der Waals surface area contributed by atoms with E-state index in [1.54, 1.807) is 17.0 Å². The molecular formula is C33H29F3N8O2U. The maximum Gasteiger partial charge on any atom is 0.445 e. The normalized spacial score (nSPS) is 25.6. The minimum absolute atomic E-state index is 0. The molecule has 1 saturated carbocycles. The molecule has 2 aromatic carbocycles. The predicted molar refractivity (Wildman–Crippen MR) is 164 cm³/mol. The number of nitrogen functional groups attached to an aromatic ring is 1.